The lowest BCUT2D eigenvalue weighted by Crippen LogP contribution is -2.27. The molecule has 0 aliphatic carbocycles. The van der Waals surface area contributed by atoms with Crippen LogP contribution < -0.4 is 15.0 Å². The summed E-state index contributed by atoms with van der Waals surface area (Å²) in [5.74, 6) is 0.179. The van der Waals surface area contributed by atoms with Crippen LogP contribution in [-0.2, 0) is 11.3 Å². The second-order valence-corrected chi connectivity index (χ2v) is 6.96. The monoisotopic (exact) mass is 374 g/mol. The maximum Gasteiger partial charge on any atom is 0.323 e. The minimum atomic E-state index is -1.11. The summed E-state index contributed by atoms with van der Waals surface area (Å²) in [5.41, 5.74) is 1.05. The van der Waals surface area contributed by atoms with Gasteiger partial charge in [-0.25, -0.2) is 4.98 Å². The summed E-state index contributed by atoms with van der Waals surface area (Å²) in [6.07, 6.45) is 0. The number of aryl methyl sites for hydroxylation is 2. The zero-order valence-electron chi connectivity index (χ0n) is 14.8. The third kappa shape index (κ3) is 2.92. The van der Waals surface area contributed by atoms with Crippen molar-refractivity contribution in [3.8, 4) is 22.9 Å². The number of benzene rings is 1. The number of rotatable bonds is 5. The van der Waals surface area contributed by atoms with Gasteiger partial charge >= 0.3 is 5.97 Å². The van der Waals surface area contributed by atoms with Crippen molar-refractivity contribution in [3.63, 3.8) is 0 Å². The van der Waals surface area contributed by atoms with Crippen LogP contribution in [0.4, 0.5) is 0 Å². The van der Waals surface area contributed by atoms with Crippen molar-refractivity contribution in [2.24, 2.45) is 0 Å². The molecule has 1 N–H and O–H groups in total. The largest absolute Gasteiger partial charge is 0.493 e. The molecule has 0 atom stereocenters. The van der Waals surface area contributed by atoms with Crippen LogP contribution >= 0.6 is 11.3 Å². The molecule has 3 rings (SSSR count). The fourth-order valence-electron chi connectivity index (χ4n) is 2.80. The highest BCUT2D eigenvalue weighted by Gasteiger charge is 2.20. The Balaban J connectivity index is 2.34. The number of aromatic nitrogens is 2. The van der Waals surface area contributed by atoms with Crippen LogP contribution in [0, 0.1) is 13.8 Å². The molecule has 0 aliphatic rings. The first-order chi connectivity index (χ1) is 12.4. The Morgan fingerprint density at radius 2 is 1.92 bits per heavy atom. The van der Waals surface area contributed by atoms with Crippen LogP contribution in [0.3, 0.4) is 0 Å². The van der Waals surface area contributed by atoms with Crippen molar-refractivity contribution in [1.82, 2.24) is 9.55 Å². The summed E-state index contributed by atoms with van der Waals surface area (Å²) < 4.78 is 11.7. The predicted octanol–water partition coefficient (Wildman–Crippen LogP) is 2.84. The van der Waals surface area contributed by atoms with Crippen molar-refractivity contribution < 1.29 is 19.4 Å². The lowest BCUT2D eigenvalue weighted by Gasteiger charge is -2.13. The van der Waals surface area contributed by atoms with Gasteiger partial charge in [-0.1, -0.05) is 0 Å². The van der Waals surface area contributed by atoms with Gasteiger partial charge in [0.05, 0.1) is 19.6 Å². The molecule has 3 aromatic rings. The van der Waals surface area contributed by atoms with Gasteiger partial charge in [0, 0.05) is 10.4 Å². The van der Waals surface area contributed by atoms with E-state index in [0.29, 0.717) is 27.3 Å². The van der Waals surface area contributed by atoms with Gasteiger partial charge in [0.1, 0.15) is 17.2 Å². The van der Waals surface area contributed by atoms with Gasteiger partial charge in [-0.2, -0.15) is 0 Å². The molecule has 136 valence electrons. The molecule has 1 aromatic carbocycles. The van der Waals surface area contributed by atoms with Crippen LogP contribution in [0.25, 0.3) is 21.6 Å². The number of methoxy groups -OCH3 is 2. The predicted molar refractivity (Wildman–Crippen MR) is 99.5 cm³/mol. The van der Waals surface area contributed by atoms with E-state index in [1.54, 1.807) is 18.2 Å². The van der Waals surface area contributed by atoms with Crippen molar-refractivity contribution in [2.45, 2.75) is 20.4 Å². The molecule has 0 amide bonds. The summed E-state index contributed by atoms with van der Waals surface area (Å²) in [6, 6.07) is 5.10. The fraction of sp³-hybridized carbons (Fsp3) is 0.278. The van der Waals surface area contributed by atoms with Gasteiger partial charge in [-0.05, 0) is 37.6 Å². The molecule has 8 heteroatoms. The van der Waals surface area contributed by atoms with Crippen LogP contribution in [0.15, 0.2) is 23.0 Å². The molecular formula is C18H18N2O5S. The standard InChI is InChI=1S/C18H18N2O5S/c1-9-10(2)26-17-15(9)18(23)20(8-14(21)22)16(19-17)11-5-6-12(24-3)13(7-11)25-4/h5-7H,8H2,1-4H3,(H,21,22). The number of fused-ring (bicyclic) bond motifs is 1. The average molecular weight is 374 g/mol. The van der Waals surface area contributed by atoms with Crippen LogP contribution in [-0.4, -0.2) is 34.8 Å². The second kappa shape index (κ2) is 6.80. The summed E-state index contributed by atoms with van der Waals surface area (Å²) in [5, 5.41) is 9.73. The highest BCUT2D eigenvalue weighted by Crippen LogP contribution is 2.33. The normalized spacial score (nSPS) is 10.9. The van der Waals surface area contributed by atoms with Crippen molar-refractivity contribution >= 4 is 27.5 Å². The first kappa shape index (κ1) is 17.9. The number of ether oxygens (including phenoxy) is 2. The van der Waals surface area contributed by atoms with Gasteiger partial charge in [-0.15, -0.1) is 11.3 Å². The number of carbonyl (C=O) groups is 1. The van der Waals surface area contributed by atoms with E-state index in [1.165, 1.54) is 30.1 Å². The quantitative estimate of drug-likeness (QED) is 0.738. The van der Waals surface area contributed by atoms with Gasteiger partial charge in [0.15, 0.2) is 11.5 Å². The van der Waals surface area contributed by atoms with E-state index in [-0.39, 0.29) is 11.4 Å². The number of nitrogens with zero attached hydrogens (tertiary/aromatic N) is 2. The molecule has 0 saturated carbocycles. The number of carboxylic acids is 1. The first-order valence-corrected chi connectivity index (χ1v) is 8.63. The van der Waals surface area contributed by atoms with E-state index in [1.807, 2.05) is 13.8 Å². The minimum Gasteiger partial charge on any atom is -0.493 e. The zero-order chi connectivity index (χ0) is 19.0. The van der Waals surface area contributed by atoms with E-state index >= 15 is 0 Å². The summed E-state index contributed by atoms with van der Waals surface area (Å²) in [7, 11) is 3.04. The van der Waals surface area contributed by atoms with E-state index < -0.39 is 12.5 Å². The van der Waals surface area contributed by atoms with Gasteiger partial charge in [0.25, 0.3) is 5.56 Å². The van der Waals surface area contributed by atoms with Gasteiger partial charge in [-0.3, -0.25) is 14.2 Å². The Bertz CT molecular complexity index is 1070. The molecular weight excluding hydrogens is 356 g/mol. The average Bonchev–Trinajstić information content (AvgIpc) is 2.90. The first-order valence-electron chi connectivity index (χ1n) is 7.82. The van der Waals surface area contributed by atoms with Gasteiger partial charge < -0.3 is 14.6 Å². The lowest BCUT2D eigenvalue weighted by atomic mass is 10.1. The zero-order valence-corrected chi connectivity index (χ0v) is 15.6. The van der Waals surface area contributed by atoms with Crippen molar-refractivity contribution in [2.75, 3.05) is 14.2 Å². The second-order valence-electron chi connectivity index (χ2n) is 5.75. The maximum atomic E-state index is 13.0. The molecule has 0 bridgehead atoms. The molecule has 0 aliphatic heterocycles. The highest BCUT2D eigenvalue weighted by molar-refractivity contribution is 7.18. The maximum absolute atomic E-state index is 13.0. The number of carboxylic acid groups (broad SMARTS) is 1. The van der Waals surface area contributed by atoms with Crippen LogP contribution in [0.1, 0.15) is 10.4 Å². The lowest BCUT2D eigenvalue weighted by molar-refractivity contribution is -0.137. The van der Waals surface area contributed by atoms with Crippen molar-refractivity contribution in [3.05, 3.63) is 39.0 Å². The van der Waals surface area contributed by atoms with Crippen molar-refractivity contribution in [1.29, 1.82) is 0 Å². The van der Waals surface area contributed by atoms with Gasteiger partial charge in [0.2, 0.25) is 0 Å². The van der Waals surface area contributed by atoms with Crippen LogP contribution in [0.5, 0.6) is 11.5 Å². The highest BCUT2D eigenvalue weighted by atomic mass is 32.1. The molecule has 0 unspecified atom stereocenters. The molecule has 0 saturated heterocycles. The number of hydrogen-bond acceptors (Lipinski definition) is 6. The molecule has 0 spiro atoms. The van der Waals surface area contributed by atoms with E-state index in [0.717, 1.165) is 10.4 Å². The number of hydrogen-bond donors (Lipinski definition) is 1. The molecule has 26 heavy (non-hydrogen) atoms. The molecule has 0 radical (unpaired) electrons. The molecule has 2 aromatic heterocycles. The third-order valence-corrected chi connectivity index (χ3v) is 5.33. The fourth-order valence-corrected chi connectivity index (χ4v) is 3.82. The Labute approximate surface area is 153 Å². The third-order valence-electron chi connectivity index (χ3n) is 4.22. The minimum absolute atomic E-state index is 0.284. The Kier molecular flexibility index (Phi) is 4.69. The van der Waals surface area contributed by atoms with Crippen LogP contribution in [0.2, 0.25) is 0 Å². The molecule has 7 nitrogen and oxygen atoms in total. The molecule has 0 fully saturated rings. The smallest absolute Gasteiger partial charge is 0.323 e. The summed E-state index contributed by atoms with van der Waals surface area (Å²) >= 11 is 1.42. The Morgan fingerprint density at radius 1 is 1.23 bits per heavy atom. The Hall–Kier alpha value is -2.87. The topological polar surface area (TPSA) is 90.7 Å². The van der Waals surface area contributed by atoms with E-state index in [4.69, 9.17) is 9.47 Å². The Morgan fingerprint density at radius 3 is 2.54 bits per heavy atom. The molecule has 2 heterocycles. The van der Waals surface area contributed by atoms with E-state index in [9.17, 15) is 14.7 Å². The summed E-state index contributed by atoms with van der Waals surface area (Å²) in [6.45, 7) is 3.29. The number of aliphatic carboxylic acids is 1. The summed E-state index contributed by atoms with van der Waals surface area (Å²) in [4.78, 5) is 30.5. The van der Waals surface area contributed by atoms with E-state index in [2.05, 4.69) is 4.98 Å². The number of thiophene rings is 1. The SMILES string of the molecule is COc1ccc(-c2nc3sc(C)c(C)c3c(=O)n2CC(=O)O)cc1OC.